The number of hydrogen-bond acceptors (Lipinski definition) is 9. The Morgan fingerprint density at radius 1 is 0.806 bits per heavy atom. The zero-order valence-corrected chi connectivity index (χ0v) is 19.0. The largest absolute Gasteiger partial charge is 0.504 e. The Kier molecular flexibility index (Phi) is 8.13. The lowest BCUT2D eigenvalue weighted by molar-refractivity contribution is -0.128. The molecule has 0 aromatic heterocycles. The number of carbonyl (C=O) groups is 2. The lowest BCUT2D eigenvalue weighted by Crippen LogP contribution is -2.51. The van der Waals surface area contributed by atoms with Crippen molar-refractivity contribution in [3.8, 4) is 35.1 Å². The molecule has 0 radical (unpaired) electrons. The number of rotatable bonds is 6. The minimum atomic E-state index is -0.615. The van der Waals surface area contributed by atoms with E-state index in [1.165, 1.54) is 53.5 Å². The van der Waals surface area contributed by atoms with Gasteiger partial charge in [-0.25, -0.2) is 0 Å². The molecule has 1 heterocycles. The molecule has 184 valence electrons. The maximum Gasteiger partial charge on any atom is 0.264 e. The van der Waals surface area contributed by atoms with Crippen LogP contribution >= 0.6 is 0 Å². The average molecular weight is 489 g/mol. The Morgan fingerprint density at radius 3 is 1.78 bits per heavy atom. The van der Waals surface area contributed by atoms with E-state index in [4.69, 9.17) is 0 Å². The molecule has 5 N–H and O–H groups in total. The van der Waals surface area contributed by atoms with E-state index in [2.05, 4.69) is 5.32 Å². The van der Waals surface area contributed by atoms with Gasteiger partial charge in [0.1, 0.15) is 23.3 Å². The first kappa shape index (κ1) is 25.6. The number of nitriles is 2. The first-order chi connectivity index (χ1) is 17.2. The number of aromatic hydroxyl groups is 4. The van der Waals surface area contributed by atoms with Crippen molar-refractivity contribution in [1.29, 1.82) is 10.5 Å². The predicted molar refractivity (Wildman–Crippen MR) is 128 cm³/mol. The van der Waals surface area contributed by atoms with E-state index in [1.807, 2.05) is 11.0 Å². The third-order valence-electron chi connectivity index (χ3n) is 5.46. The summed E-state index contributed by atoms with van der Waals surface area (Å²) >= 11 is 0. The standard InChI is InChI=1S/C25H23N5O6/c26-13-18(9-16-1-3-20(31)22(33)11-16)24(35)28-15-29-5-7-30(8-6-29)25(36)19(14-27)10-17-2-4-21(32)23(34)12-17/h1-4,9-12,31-34H,5-8,15H2,(H,28,35). The van der Waals surface area contributed by atoms with Crippen LogP contribution in [0.5, 0.6) is 23.0 Å². The molecule has 0 atom stereocenters. The second-order valence-corrected chi connectivity index (χ2v) is 7.91. The summed E-state index contributed by atoms with van der Waals surface area (Å²) in [6.45, 7) is 1.59. The molecule has 1 aliphatic rings. The van der Waals surface area contributed by atoms with Gasteiger partial charge in [0.15, 0.2) is 23.0 Å². The third-order valence-corrected chi connectivity index (χ3v) is 5.46. The molecule has 2 aromatic carbocycles. The van der Waals surface area contributed by atoms with Gasteiger partial charge in [-0.2, -0.15) is 10.5 Å². The highest BCUT2D eigenvalue weighted by atomic mass is 16.3. The van der Waals surface area contributed by atoms with Crippen LogP contribution in [0.25, 0.3) is 12.2 Å². The summed E-state index contributed by atoms with van der Waals surface area (Å²) in [4.78, 5) is 28.6. The first-order valence-electron chi connectivity index (χ1n) is 10.8. The molecule has 36 heavy (non-hydrogen) atoms. The van der Waals surface area contributed by atoms with Crippen LogP contribution in [0.1, 0.15) is 11.1 Å². The van der Waals surface area contributed by atoms with Crippen LogP contribution in [0.4, 0.5) is 0 Å². The van der Waals surface area contributed by atoms with Crippen LogP contribution in [0.15, 0.2) is 47.5 Å². The van der Waals surface area contributed by atoms with Gasteiger partial charge in [-0.05, 0) is 47.5 Å². The number of amides is 2. The smallest absolute Gasteiger partial charge is 0.264 e. The van der Waals surface area contributed by atoms with E-state index in [0.29, 0.717) is 37.3 Å². The van der Waals surface area contributed by atoms with Gasteiger partial charge < -0.3 is 30.6 Å². The number of piperazine rings is 1. The fourth-order valence-electron chi connectivity index (χ4n) is 3.44. The predicted octanol–water partition coefficient (Wildman–Crippen LogP) is 1.24. The summed E-state index contributed by atoms with van der Waals surface area (Å²) in [6, 6.07) is 11.6. The van der Waals surface area contributed by atoms with Gasteiger partial charge in [0.2, 0.25) is 0 Å². The van der Waals surface area contributed by atoms with Gasteiger partial charge in [-0.1, -0.05) is 12.1 Å². The Morgan fingerprint density at radius 2 is 1.31 bits per heavy atom. The Hall–Kier alpha value is -5.00. The maximum atomic E-state index is 12.8. The van der Waals surface area contributed by atoms with E-state index in [-0.39, 0.29) is 40.8 Å². The molecule has 0 aliphatic carbocycles. The number of carbonyl (C=O) groups excluding carboxylic acids is 2. The molecular formula is C25H23N5O6. The summed E-state index contributed by atoms with van der Waals surface area (Å²) < 4.78 is 0. The summed E-state index contributed by atoms with van der Waals surface area (Å²) in [6.07, 6.45) is 2.62. The van der Waals surface area contributed by atoms with Crippen molar-refractivity contribution in [1.82, 2.24) is 15.1 Å². The summed E-state index contributed by atoms with van der Waals surface area (Å²) in [5.41, 5.74) is 0.456. The minimum Gasteiger partial charge on any atom is -0.504 e. The molecule has 11 heteroatoms. The van der Waals surface area contributed by atoms with Crippen LogP contribution in [0.2, 0.25) is 0 Å². The molecule has 2 amide bonds. The second-order valence-electron chi connectivity index (χ2n) is 7.91. The van der Waals surface area contributed by atoms with Crippen LogP contribution in [0.3, 0.4) is 0 Å². The minimum absolute atomic E-state index is 0.120. The van der Waals surface area contributed by atoms with Crippen molar-refractivity contribution in [2.24, 2.45) is 0 Å². The van der Waals surface area contributed by atoms with Gasteiger partial charge >= 0.3 is 0 Å². The molecule has 0 saturated carbocycles. The molecular weight excluding hydrogens is 466 g/mol. The highest BCUT2D eigenvalue weighted by Gasteiger charge is 2.24. The quantitative estimate of drug-likeness (QED) is 0.226. The van der Waals surface area contributed by atoms with Gasteiger partial charge in [-0.15, -0.1) is 0 Å². The van der Waals surface area contributed by atoms with Crippen molar-refractivity contribution in [3.05, 3.63) is 58.7 Å². The topological polar surface area (TPSA) is 181 Å². The van der Waals surface area contributed by atoms with E-state index in [1.54, 1.807) is 6.07 Å². The highest BCUT2D eigenvalue weighted by molar-refractivity contribution is 6.02. The van der Waals surface area contributed by atoms with Crippen molar-refractivity contribution in [3.63, 3.8) is 0 Å². The number of hydrogen-bond donors (Lipinski definition) is 5. The van der Waals surface area contributed by atoms with Crippen LogP contribution in [-0.4, -0.2) is 74.9 Å². The van der Waals surface area contributed by atoms with Crippen LogP contribution in [0, 0.1) is 22.7 Å². The SMILES string of the molecule is N#CC(=Cc1ccc(O)c(O)c1)C(=O)NCN1CCN(C(=O)C(C#N)=Cc2ccc(O)c(O)c2)CC1. The van der Waals surface area contributed by atoms with E-state index in [9.17, 15) is 40.5 Å². The molecule has 1 fully saturated rings. The van der Waals surface area contributed by atoms with E-state index >= 15 is 0 Å². The first-order valence-corrected chi connectivity index (χ1v) is 10.8. The van der Waals surface area contributed by atoms with Crippen molar-refractivity contribution >= 4 is 24.0 Å². The maximum absolute atomic E-state index is 12.8. The molecule has 1 saturated heterocycles. The normalized spacial score (nSPS) is 14.6. The van der Waals surface area contributed by atoms with Gasteiger partial charge in [0, 0.05) is 26.2 Å². The molecule has 3 rings (SSSR count). The summed E-state index contributed by atoms with van der Waals surface area (Å²) in [5.74, 6) is -2.44. The molecule has 11 nitrogen and oxygen atoms in total. The lowest BCUT2D eigenvalue weighted by Gasteiger charge is -2.34. The number of nitrogens with one attached hydrogen (secondary N) is 1. The molecule has 0 bridgehead atoms. The lowest BCUT2D eigenvalue weighted by atomic mass is 10.1. The molecule has 0 unspecified atom stereocenters. The average Bonchev–Trinajstić information content (AvgIpc) is 2.88. The Balaban J connectivity index is 1.55. The van der Waals surface area contributed by atoms with Crippen molar-refractivity contribution in [2.75, 3.05) is 32.8 Å². The van der Waals surface area contributed by atoms with Gasteiger partial charge in [-0.3, -0.25) is 14.5 Å². The zero-order valence-electron chi connectivity index (χ0n) is 19.0. The Bertz CT molecular complexity index is 1310. The van der Waals surface area contributed by atoms with E-state index < -0.39 is 11.8 Å². The number of benzene rings is 2. The van der Waals surface area contributed by atoms with Gasteiger partial charge in [0.05, 0.1) is 6.67 Å². The summed E-state index contributed by atoms with van der Waals surface area (Å²) in [7, 11) is 0. The fraction of sp³-hybridized carbons (Fsp3) is 0.200. The number of nitrogens with zero attached hydrogens (tertiary/aromatic N) is 4. The number of phenols is 4. The highest BCUT2D eigenvalue weighted by Crippen LogP contribution is 2.27. The number of phenolic OH excluding ortho intramolecular Hbond substituents is 4. The molecule has 1 aliphatic heterocycles. The van der Waals surface area contributed by atoms with Crippen molar-refractivity contribution < 1.29 is 30.0 Å². The Labute approximate surface area is 206 Å². The van der Waals surface area contributed by atoms with Crippen LogP contribution in [-0.2, 0) is 9.59 Å². The van der Waals surface area contributed by atoms with Gasteiger partial charge in [0.25, 0.3) is 11.8 Å². The fourth-order valence-corrected chi connectivity index (χ4v) is 3.44. The third kappa shape index (κ3) is 6.32. The zero-order chi connectivity index (χ0) is 26.2. The van der Waals surface area contributed by atoms with Crippen molar-refractivity contribution in [2.45, 2.75) is 0 Å². The summed E-state index contributed by atoms with van der Waals surface area (Å²) in [5, 5.41) is 59.3. The molecule has 0 spiro atoms. The monoisotopic (exact) mass is 489 g/mol. The second kappa shape index (κ2) is 11.4. The van der Waals surface area contributed by atoms with Crippen LogP contribution < -0.4 is 5.32 Å². The molecule has 2 aromatic rings. The van der Waals surface area contributed by atoms with E-state index in [0.717, 1.165) is 0 Å².